The number of nitrogens with zero attached hydrogens (tertiary/aromatic N) is 2. The molecule has 0 saturated carbocycles. The van der Waals surface area contributed by atoms with Gasteiger partial charge in [-0.1, -0.05) is 32.0 Å². The van der Waals surface area contributed by atoms with Crippen molar-refractivity contribution in [1.82, 2.24) is 9.55 Å². The lowest BCUT2D eigenvalue weighted by atomic mass is 9.94. The fourth-order valence-electron chi connectivity index (χ4n) is 4.14. The van der Waals surface area contributed by atoms with Gasteiger partial charge in [-0.25, -0.2) is 9.78 Å². The first kappa shape index (κ1) is 22.7. The molecule has 0 unspecified atom stereocenters. The molecule has 0 spiro atoms. The van der Waals surface area contributed by atoms with Crippen molar-refractivity contribution in [2.75, 3.05) is 25.6 Å². The zero-order chi connectivity index (χ0) is 23.5. The standard InChI is InChI=1S/C26H31N3O4/c1-6-32-22-15-18(11-12-21(22)33-14-13-16(2)3)24-23(25(30)31-5)17(4)27-26-28-19-9-7-8-10-20(19)29(24)26/h7-12,15-16,24H,6,13-14H2,1-5H3,(H,27,28)/t24-/m0/s1. The lowest BCUT2D eigenvalue weighted by Gasteiger charge is -2.30. The van der Waals surface area contributed by atoms with Crippen LogP contribution in [0.5, 0.6) is 11.5 Å². The van der Waals surface area contributed by atoms with Gasteiger partial charge in [0.2, 0.25) is 5.95 Å². The Kier molecular flexibility index (Phi) is 6.58. The highest BCUT2D eigenvalue weighted by atomic mass is 16.5. The van der Waals surface area contributed by atoms with E-state index in [-0.39, 0.29) is 5.97 Å². The second-order valence-electron chi connectivity index (χ2n) is 8.52. The molecule has 1 atom stereocenters. The number of aromatic nitrogens is 2. The number of para-hydroxylation sites is 2. The molecule has 2 heterocycles. The number of anilines is 1. The number of ether oxygens (including phenoxy) is 3. The number of nitrogens with one attached hydrogen (secondary N) is 1. The van der Waals surface area contributed by atoms with Gasteiger partial charge in [0.25, 0.3) is 0 Å². The molecule has 2 aromatic carbocycles. The summed E-state index contributed by atoms with van der Waals surface area (Å²) in [6.45, 7) is 9.28. The number of rotatable bonds is 8. The Labute approximate surface area is 194 Å². The number of benzene rings is 2. The van der Waals surface area contributed by atoms with Crippen LogP contribution < -0.4 is 14.8 Å². The molecular formula is C26H31N3O4. The Bertz CT molecular complexity index is 1200. The molecular weight excluding hydrogens is 418 g/mol. The monoisotopic (exact) mass is 449 g/mol. The first-order valence-corrected chi connectivity index (χ1v) is 11.4. The predicted octanol–water partition coefficient (Wildman–Crippen LogP) is 5.32. The maximum absolute atomic E-state index is 12.9. The molecule has 0 radical (unpaired) electrons. The molecule has 0 bridgehead atoms. The summed E-state index contributed by atoms with van der Waals surface area (Å²) in [6, 6.07) is 13.3. The minimum Gasteiger partial charge on any atom is -0.490 e. The molecule has 0 fully saturated rings. The second-order valence-corrected chi connectivity index (χ2v) is 8.52. The van der Waals surface area contributed by atoms with E-state index in [0.29, 0.717) is 47.8 Å². The summed E-state index contributed by atoms with van der Waals surface area (Å²) in [5, 5.41) is 3.28. The predicted molar refractivity (Wildman–Crippen MR) is 129 cm³/mol. The van der Waals surface area contributed by atoms with E-state index < -0.39 is 6.04 Å². The molecule has 3 aromatic rings. The number of methoxy groups -OCH3 is 1. The second kappa shape index (κ2) is 9.57. The summed E-state index contributed by atoms with van der Waals surface area (Å²) >= 11 is 0. The van der Waals surface area contributed by atoms with Gasteiger partial charge in [-0.3, -0.25) is 4.57 Å². The average molecular weight is 450 g/mol. The van der Waals surface area contributed by atoms with Gasteiger partial charge >= 0.3 is 5.97 Å². The third kappa shape index (κ3) is 4.40. The highest BCUT2D eigenvalue weighted by Gasteiger charge is 2.35. The van der Waals surface area contributed by atoms with Crippen LogP contribution in [-0.2, 0) is 9.53 Å². The van der Waals surface area contributed by atoms with Crippen LogP contribution in [0.25, 0.3) is 11.0 Å². The normalized spacial score (nSPS) is 15.4. The zero-order valence-corrected chi connectivity index (χ0v) is 19.8. The Morgan fingerprint density at radius 2 is 1.94 bits per heavy atom. The summed E-state index contributed by atoms with van der Waals surface area (Å²) in [5.74, 6) is 2.21. The average Bonchev–Trinajstić information content (AvgIpc) is 3.16. The SMILES string of the molecule is CCOc1cc([C@H]2C(C(=O)OC)=C(C)Nc3nc4ccccc4n32)ccc1OCCC(C)C. The number of hydrogen-bond donors (Lipinski definition) is 1. The van der Waals surface area contributed by atoms with Crippen molar-refractivity contribution in [3.8, 4) is 11.5 Å². The Balaban J connectivity index is 1.84. The van der Waals surface area contributed by atoms with Gasteiger partial charge in [0.15, 0.2) is 11.5 Å². The van der Waals surface area contributed by atoms with Gasteiger partial charge in [-0.05, 0) is 56.0 Å². The molecule has 0 amide bonds. The Hall–Kier alpha value is -3.48. The molecule has 1 aliphatic heterocycles. The van der Waals surface area contributed by atoms with Gasteiger partial charge in [0.1, 0.15) is 0 Å². The summed E-state index contributed by atoms with van der Waals surface area (Å²) in [7, 11) is 1.40. The molecule has 0 saturated heterocycles. The largest absolute Gasteiger partial charge is 0.490 e. The van der Waals surface area contributed by atoms with Crippen LogP contribution in [0.1, 0.15) is 45.7 Å². The first-order chi connectivity index (χ1) is 15.9. The van der Waals surface area contributed by atoms with Gasteiger partial charge in [0.05, 0.1) is 43.0 Å². The molecule has 1 aromatic heterocycles. The zero-order valence-electron chi connectivity index (χ0n) is 19.8. The molecule has 33 heavy (non-hydrogen) atoms. The minimum atomic E-state index is -0.426. The third-order valence-electron chi connectivity index (χ3n) is 5.77. The van der Waals surface area contributed by atoms with E-state index in [0.717, 1.165) is 23.0 Å². The number of hydrogen-bond acceptors (Lipinski definition) is 6. The van der Waals surface area contributed by atoms with Crippen molar-refractivity contribution >= 4 is 23.0 Å². The van der Waals surface area contributed by atoms with Gasteiger partial charge in [-0.2, -0.15) is 0 Å². The lowest BCUT2D eigenvalue weighted by molar-refractivity contribution is -0.136. The minimum absolute atomic E-state index is 0.386. The van der Waals surface area contributed by atoms with Crippen molar-refractivity contribution in [1.29, 1.82) is 0 Å². The maximum atomic E-state index is 12.9. The molecule has 4 rings (SSSR count). The van der Waals surface area contributed by atoms with Crippen molar-refractivity contribution in [2.45, 2.75) is 40.2 Å². The summed E-state index contributed by atoms with van der Waals surface area (Å²) in [4.78, 5) is 17.6. The third-order valence-corrected chi connectivity index (χ3v) is 5.77. The van der Waals surface area contributed by atoms with Crippen molar-refractivity contribution in [2.24, 2.45) is 5.92 Å². The summed E-state index contributed by atoms with van der Waals surface area (Å²) in [5.41, 5.74) is 3.91. The topological polar surface area (TPSA) is 74.6 Å². The van der Waals surface area contributed by atoms with E-state index >= 15 is 0 Å². The number of esters is 1. The number of allylic oxidation sites excluding steroid dienone is 1. The number of carbonyl (C=O) groups is 1. The quantitative estimate of drug-likeness (QED) is 0.469. The van der Waals surface area contributed by atoms with Crippen LogP contribution >= 0.6 is 0 Å². The number of carbonyl (C=O) groups excluding carboxylic acids is 1. The van der Waals surface area contributed by atoms with Crippen LogP contribution in [0.2, 0.25) is 0 Å². The fraction of sp³-hybridized carbons (Fsp3) is 0.385. The van der Waals surface area contributed by atoms with Crippen LogP contribution in [0.4, 0.5) is 5.95 Å². The van der Waals surface area contributed by atoms with Crippen LogP contribution in [0.15, 0.2) is 53.7 Å². The van der Waals surface area contributed by atoms with E-state index in [1.54, 1.807) is 0 Å². The van der Waals surface area contributed by atoms with E-state index in [9.17, 15) is 4.79 Å². The highest BCUT2D eigenvalue weighted by Crippen LogP contribution is 2.42. The van der Waals surface area contributed by atoms with E-state index in [1.807, 2.05) is 60.9 Å². The number of fused-ring (bicyclic) bond motifs is 3. The van der Waals surface area contributed by atoms with Crippen LogP contribution in [-0.4, -0.2) is 35.8 Å². The molecule has 7 nitrogen and oxygen atoms in total. The molecule has 174 valence electrons. The van der Waals surface area contributed by atoms with Crippen molar-refractivity contribution < 1.29 is 19.0 Å². The van der Waals surface area contributed by atoms with Crippen molar-refractivity contribution in [3.05, 3.63) is 59.3 Å². The lowest BCUT2D eigenvalue weighted by Crippen LogP contribution is -2.28. The fourth-order valence-corrected chi connectivity index (χ4v) is 4.14. The van der Waals surface area contributed by atoms with Crippen LogP contribution in [0, 0.1) is 5.92 Å². The Morgan fingerprint density at radius 3 is 2.67 bits per heavy atom. The van der Waals surface area contributed by atoms with Crippen molar-refractivity contribution in [3.63, 3.8) is 0 Å². The van der Waals surface area contributed by atoms with E-state index in [2.05, 4.69) is 19.2 Å². The van der Waals surface area contributed by atoms with E-state index in [4.69, 9.17) is 19.2 Å². The van der Waals surface area contributed by atoms with E-state index in [1.165, 1.54) is 7.11 Å². The maximum Gasteiger partial charge on any atom is 0.337 e. The molecule has 1 N–H and O–H groups in total. The van der Waals surface area contributed by atoms with Gasteiger partial charge < -0.3 is 19.5 Å². The highest BCUT2D eigenvalue weighted by molar-refractivity contribution is 5.94. The summed E-state index contributed by atoms with van der Waals surface area (Å²) < 4.78 is 19.2. The Morgan fingerprint density at radius 1 is 1.15 bits per heavy atom. The van der Waals surface area contributed by atoms with Crippen LogP contribution in [0.3, 0.4) is 0 Å². The molecule has 0 aliphatic carbocycles. The summed E-state index contributed by atoms with van der Waals surface area (Å²) in [6.07, 6.45) is 0.959. The number of imidazole rings is 1. The van der Waals surface area contributed by atoms with Gasteiger partial charge in [0, 0.05) is 5.70 Å². The smallest absolute Gasteiger partial charge is 0.337 e. The molecule has 1 aliphatic rings. The first-order valence-electron chi connectivity index (χ1n) is 11.4. The van der Waals surface area contributed by atoms with Gasteiger partial charge in [-0.15, -0.1) is 0 Å². The molecule has 7 heteroatoms.